The van der Waals surface area contributed by atoms with E-state index in [0.29, 0.717) is 22.4 Å². The largest absolute Gasteiger partial charge is 0.315 e. The molecule has 9 heteroatoms. The predicted molar refractivity (Wildman–Crippen MR) is 117 cm³/mol. The van der Waals surface area contributed by atoms with Gasteiger partial charge in [-0.1, -0.05) is 30.3 Å². The highest BCUT2D eigenvalue weighted by Crippen LogP contribution is 2.37. The summed E-state index contributed by atoms with van der Waals surface area (Å²) in [4.78, 5) is 28.1. The molecule has 0 radical (unpaired) electrons. The zero-order valence-electron chi connectivity index (χ0n) is 17.0. The molecule has 0 fully saturated rings. The first-order valence-corrected chi connectivity index (χ1v) is 9.68. The Balaban J connectivity index is 1.81. The Morgan fingerprint density at radius 1 is 1.03 bits per heavy atom. The number of hydrogen-bond donors (Lipinski definition) is 1. The van der Waals surface area contributed by atoms with Crippen molar-refractivity contribution >= 4 is 11.7 Å². The van der Waals surface area contributed by atoms with Crippen LogP contribution in [0.1, 0.15) is 11.6 Å². The summed E-state index contributed by atoms with van der Waals surface area (Å²) in [5, 5.41) is 18.9. The number of pyridine rings is 1. The third-order valence-electron chi connectivity index (χ3n) is 4.95. The van der Waals surface area contributed by atoms with Gasteiger partial charge in [0.1, 0.15) is 17.3 Å². The van der Waals surface area contributed by atoms with Gasteiger partial charge >= 0.3 is 11.9 Å². The lowest BCUT2D eigenvalue weighted by Gasteiger charge is -2.12. The minimum atomic E-state index is -1.59. The number of amides is 1. The average molecular weight is 431 g/mol. The summed E-state index contributed by atoms with van der Waals surface area (Å²) in [6, 6.07) is 15.7. The fourth-order valence-electron chi connectivity index (χ4n) is 3.46. The number of nitrogens with one attached hydrogen (secondary N) is 1. The van der Waals surface area contributed by atoms with Gasteiger partial charge in [-0.3, -0.25) is 24.6 Å². The molecule has 1 amide bonds. The molecule has 0 aliphatic heterocycles. The average Bonchev–Trinajstić information content (AvgIpc) is 3.11. The number of nitrogens with zero attached hydrogens (tertiary/aromatic N) is 4. The van der Waals surface area contributed by atoms with Crippen molar-refractivity contribution in [2.24, 2.45) is 7.05 Å². The topological polar surface area (TPSA) is 103 Å². The van der Waals surface area contributed by atoms with Crippen LogP contribution in [0.2, 0.25) is 0 Å². The van der Waals surface area contributed by atoms with E-state index in [0.717, 1.165) is 0 Å². The summed E-state index contributed by atoms with van der Waals surface area (Å²) in [5.41, 5.74) is 2.63. The highest BCUT2D eigenvalue weighted by atomic mass is 19.1. The standard InChI is InChI=1S/C23H18FN5O3/c1-28-22(26-23(30)21(29(31)32)17-5-3-2-4-6-17)19(15-11-13-25-14-12-15)20(27-28)16-7-9-18(24)10-8-16/h2-14,21H,1H3,(H,26,30). The summed E-state index contributed by atoms with van der Waals surface area (Å²) < 4.78 is 14.9. The minimum Gasteiger partial charge on any atom is -0.304 e. The lowest BCUT2D eigenvalue weighted by molar-refractivity contribution is -0.512. The molecule has 0 aliphatic rings. The van der Waals surface area contributed by atoms with Gasteiger partial charge < -0.3 is 5.32 Å². The van der Waals surface area contributed by atoms with Gasteiger partial charge in [0.25, 0.3) is 0 Å². The first-order chi connectivity index (χ1) is 15.5. The van der Waals surface area contributed by atoms with E-state index >= 15 is 0 Å². The molecule has 0 saturated heterocycles. The smallest absolute Gasteiger partial charge is 0.304 e. The third-order valence-corrected chi connectivity index (χ3v) is 4.95. The van der Waals surface area contributed by atoms with Gasteiger partial charge in [0, 0.05) is 35.5 Å². The van der Waals surface area contributed by atoms with E-state index < -0.39 is 16.9 Å². The minimum absolute atomic E-state index is 0.265. The molecular formula is C23H18FN5O3. The Hall–Kier alpha value is -4.40. The molecule has 2 aromatic heterocycles. The van der Waals surface area contributed by atoms with Crippen molar-refractivity contribution in [1.82, 2.24) is 14.8 Å². The second kappa shape index (κ2) is 8.76. The highest BCUT2D eigenvalue weighted by Gasteiger charge is 2.33. The van der Waals surface area contributed by atoms with Gasteiger partial charge in [0.2, 0.25) is 0 Å². The van der Waals surface area contributed by atoms with Crippen molar-refractivity contribution in [3.05, 3.63) is 101 Å². The summed E-state index contributed by atoms with van der Waals surface area (Å²) in [6.07, 6.45) is 3.18. The lowest BCUT2D eigenvalue weighted by atomic mass is 10.0. The van der Waals surface area contributed by atoms with Crippen LogP contribution in [0.25, 0.3) is 22.4 Å². The molecule has 2 aromatic carbocycles. The second-order valence-corrected chi connectivity index (χ2v) is 7.03. The van der Waals surface area contributed by atoms with Crippen molar-refractivity contribution in [3.8, 4) is 22.4 Å². The maximum Gasteiger partial charge on any atom is 0.315 e. The molecule has 0 aliphatic carbocycles. The highest BCUT2D eigenvalue weighted by molar-refractivity contribution is 6.00. The van der Waals surface area contributed by atoms with Crippen molar-refractivity contribution in [2.75, 3.05) is 5.32 Å². The van der Waals surface area contributed by atoms with E-state index in [1.165, 1.54) is 28.9 Å². The molecule has 1 unspecified atom stereocenters. The number of aryl methyl sites for hydroxylation is 1. The Morgan fingerprint density at radius 2 is 1.69 bits per heavy atom. The van der Waals surface area contributed by atoms with E-state index in [9.17, 15) is 19.3 Å². The molecule has 4 rings (SSSR count). The lowest BCUT2D eigenvalue weighted by Crippen LogP contribution is -2.28. The van der Waals surface area contributed by atoms with E-state index in [1.807, 2.05) is 0 Å². The van der Waals surface area contributed by atoms with Crippen LogP contribution >= 0.6 is 0 Å². The van der Waals surface area contributed by atoms with Crippen molar-refractivity contribution < 1.29 is 14.1 Å². The number of aromatic nitrogens is 3. The Labute approximate surface area is 182 Å². The van der Waals surface area contributed by atoms with Crippen molar-refractivity contribution in [2.45, 2.75) is 6.04 Å². The van der Waals surface area contributed by atoms with E-state index in [1.54, 1.807) is 61.9 Å². The molecule has 160 valence electrons. The first kappa shape index (κ1) is 20.9. The number of carbonyl (C=O) groups excluding carboxylic acids is 1. The normalized spacial score (nSPS) is 11.7. The number of rotatable bonds is 6. The molecule has 32 heavy (non-hydrogen) atoms. The van der Waals surface area contributed by atoms with Crippen LogP contribution in [0.4, 0.5) is 10.2 Å². The van der Waals surface area contributed by atoms with E-state index in [2.05, 4.69) is 15.4 Å². The van der Waals surface area contributed by atoms with Gasteiger partial charge in [0.05, 0.1) is 5.56 Å². The first-order valence-electron chi connectivity index (χ1n) is 9.68. The molecule has 1 atom stereocenters. The fourth-order valence-corrected chi connectivity index (χ4v) is 3.46. The Bertz CT molecular complexity index is 1260. The zero-order valence-corrected chi connectivity index (χ0v) is 17.0. The summed E-state index contributed by atoms with van der Waals surface area (Å²) in [6.45, 7) is 0. The van der Waals surface area contributed by atoms with Crippen molar-refractivity contribution in [3.63, 3.8) is 0 Å². The summed E-state index contributed by atoms with van der Waals surface area (Å²) >= 11 is 0. The molecule has 8 nitrogen and oxygen atoms in total. The Morgan fingerprint density at radius 3 is 2.31 bits per heavy atom. The van der Waals surface area contributed by atoms with Crippen LogP contribution in [0, 0.1) is 15.9 Å². The zero-order chi connectivity index (χ0) is 22.7. The van der Waals surface area contributed by atoms with Crippen molar-refractivity contribution in [1.29, 1.82) is 0 Å². The van der Waals surface area contributed by atoms with E-state index in [4.69, 9.17) is 0 Å². The van der Waals surface area contributed by atoms with Crippen LogP contribution in [0.15, 0.2) is 79.1 Å². The molecule has 4 aromatic rings. The summed E-state index contributed by atoms with van der Waals surface area (Å²) in [5.74, 6) is -0.908. The molecule has 2 heterocycles. The quantitative estimate of drug-likeness (QED) is 0.363. The SMILES string of the molecule is Cn1nc(-c2ccc(F)cc2)c(-c2ccncc2)c1NC(=O)C(c1ccccc1)[N+](=O)[O-]. The molecule has 0 spiro atoms. The summed E-state index contributed by atoms with van der Waals surface area (Å²) in [7, 11) is 1.62. The molecule has 0 bridgehead atoms. The predicted octanol–water partition coefficient (Wildman–Crippen LogP) is 4.24. The Kier molecular flexibility index (Phi) is 5.71. The van der Waals surface area contributed by atoms with Crippen LogP contribution in [-0.2, 0) is 11.8 Å². The van der Waals surface area contributed by atoms with Gasteiger partial charge in [-0.05, 0) is 42.0 Å². The maximum atomic E-state index is 13.5. The van der Waals surface area contributed by atoms with Crippen LogP contribution < -0.4 is 5.32 Å². The van der Waals surface area contributed by atoms with Gasteiger partial charge in [-0.2, -0.15) is 5.10 Å². The third kappa shape index (κ3) is 4.08. The molecule has 1 N–H and O–H groups in total. The number of anilines is 1. The number of carbonyl (C=O) groups is 1. The van der Waals surface area contributed by atoms with Gasteiger partial charge in [-0.15, -0.1) is 0 Å². The number of benzene rings is 2. The maximum absolute atomic E-state index is 13.5. The number of halogens is 1. The van der Waals surface area contributed by atoms with E-state index in [-0.39, 0.29) is 17.2 Å². The second-order valence-electron chi connectivity index (χ2n) is 7.03. The number of nitro groups is 1. The van der Waals surface area contributed by atoms with Gasteiger partial charge in [0.15, 0.2) is 0 Å². The van der Waals surface area contributed by atoms with Crippen LogP contribution in [0.3, 0.4) is 0 Å². The fraction of sp³-hybridized carbons (Fsp3) is 0.0870. The van der Waals surface area contributed by atoms with Crippen LogP contribution in [-0.4, -0.2) is 25.6 Å². The van der Waals surface area contributed by atoms with Gasteiger partial charge in [-0.25, -0.2) is 4.39 Å². The number of hydrogen-bond acceptors (Lipinski definition) is 5. The molecule has 0 saturated carbocycles. The molecular weight excluding hydrogens is 413 g/mol. The van der Waals surface area contributed by atoms with Crippen LogP contribution in [0.5, 0.6) is 0 Å². The monoisotopic (exact) mass is 431 g/mol.